The Hall–Kier alpha value is -1.79. The van der Waals surface area contributed by atoms with Crippen LogP contribution < -0.4 is 5.32 Å². The zero-order valence-electron chi connectivity index (χ0n) is 13.2. The van der Waals surface area contributed by atoms with E-state index in [0.717, 1.165) is 30.4 Å². The first kappa shape index (κ1) is 17.3. The van der Waals surface area contributed by atoms with E-state index >= 15 is 0 Å². The molecule has 0 radical (unpaired) electrons. The number of aryl methyl sites for hydroxylation is 1. The predicted octanol–water partition coefficient (Wildman–Crippen LogP) is 3.04. The van der Waals surface area contributed by atoms with Gasteiger partial charge in [0.15, 0.2) is 0 Å². The van der Waals surface area contributed by atoms with E-state index in [1.165, 1.54) is 0 Å². The summed E-state index contributed by atoms with van der Waals surface area (Å²) in [7, 11) is 0. The lowest BCUT2D eigenvalue weighted by Crippen LogP contribution is -2.32. The molecule has 1 rings (SSSR count). The van der Waals surface area contributed by atoms with E-state index in [0.29, 0.717) is 12.0 Å². The Kier molecular flexibility index (Phi) is 7.56. The van der Waals surface area contributed by atoms with Crippen LogP contribution in [0.5, 0.6) is 0 Å². The van der Waals surface area contributed by atoms with Crippen LogP contribution in [0.4, 0.5) is 0 Å². The standard InChI is InChI=1S/C18H25NO2/c1-4-5-8-15(3)19-18(21)17-11-10-14(2)16(13-17)9-6-7-12-20/h10-11,13,15,20H,4-5,7-8,12H2,1-3H3,(H,19,21). The molecule has 0 heterocycles. The van der Waals surface area contributed by atoms with Crippen molar-refractivity contribution in [3.05, 3.63) is 34.9 Å². The van der Waals surface area contributed by atoms with Crippen LogP contribution in [0.3, 0.4) is 0 Å². The smallest absolute Gasteiger partial charge is 0.251 e. The van der Waals surface area contributed by atoms with Gasteiger partial charge in [-0.1, -0.05) is 37.7 Å². The number of hydrogen-bond acceptors (Lipinski definition) is 2. The highest BCUT2D eigenvalue weighted by Gasteiger charge is 2.10. The third kappa shape index (κ3) is 6.01. The van der Waals surface area contributed by atoms with Crippen LogP contribution in [0.25, 0.3) is 0 Å². The zero-order chi connectivity index (χ0) is 15.7. The second-order valence-electron chi connectivity index (χ2n) is 5.32. The van der Waals surface area contributed by atoms with E-state index in [1.54, 1.807) is 0 Å². The fourth-order valence-corrected chi connectivity index (χ4v) is 2.00. The first-order valence-electron chi connectivity index (χ1n) is 7.59. The van der Waals surface area contributed by atoms with Gasteiger partial charge < -0.3 is 10.4 Å². The van der Waals surface area contributed by atoms with Gasteiger partial charge in [-0.2, -0.15) is 0 Å². The van der Waals surface area contributed by atoms with Gasteiger partial charge in [-0.25, -0.2) is 0 Å². The largest absolute Gasteiger partial charge is 0.395 e. The third-order valence-electron chi connectivity index (χ3n) is 3.33. The number of rotatable bonds is 6. The van der Waals surface area contributed by atoms with E-state index in [9.17, 15) is 4.79 Å². The van der Waals surface area contributed by atoms with Crippen molar-refractivity contribution in [2.24, 2.45) is 0 Å². The van der Waals surface area contributed by atoms with Crippen LogP contribution >= 0.6 is 0 Å². The molecule has 0 fully saturated rings. The number of amides is 1. The minimum absolute atomic E-state index is 0.0520. The van der Waals surface area contributed by atoms with Gasteiger partial charge in [0.05, 0.1) is 6.61 Å². The number of hydrogen-bond donors (Lipinski definition) is 2. The van der Waals surface area contributed by atoms with Crippen LogP contribution in [0, 0.1) is 18.8 Å². The third-order valence-corrected chi connectivity index (χ3v) is 3.33. The van der Waals surface area contributed by atoms with Crippen molar-refractivity contribution in [1.82, 2.24) is 5.32 Å². The van der Waals surface area contributed by atoms with Crippen LogP contribution in [0.15, 0.2) is 18.2 Å². The van der Waals surface area contributed by atoms with Crippen LogP contribution in [0.2, 0.25) is 0 Å². The molecule has 0 aliphatic rings. The second kappa shape index (κ2) is 9.20. The van der Waals surface area contributed by atoms with Gasteiger partial charge in [0.25, 0.3) is 5.91 Å². The number of aliphatic hydroxyl groups excluding tert-OH is 1. The van der Waals surface area contributed by atoms with Crippen molar-refractivity contribution in [2.45, 2.75) is 52.5 Å². The highest BCUT2D eigenvalue weighted by Crippen LogP contribution is 2.11. The second-order valence-corrected chi connectivity index (χ2v) is 5.32. The molecular formula is C18H25NO2. The number of aliphatic hydroxyl groups is 1. The van der Waals surface area contributed by atoms with Crippen molar-refractivity contribution in [3.63, 3.8) is 0 Å². The van der Waals surface area contributed by atoms with E-state index in [1.807, 2.05) is 32.0 Å². The van der Waals surface area contributed by atoms with Gasteiger partial charge in [0, 0.05) is 23.6 Å². The molecule has 1 atom stereocenters. The summed E-state index contributed by atoms with van der Waals surface area (Å²) in [6, 6.07) is 5.74. The average molecular weight is 287 g/mol. The molecule has 0 saturated heterocycles. The van der Waals surface area contributed by atoms with E-state index in [2.05, 4.69) is 24.1 Å². The Balaban J connectivity index is 2.77. The minimum Gasteiger partial charge on any atom is -0.395 e. The molecule has 114 valence electrons. The maximum Gasteiger partial charge on any atom is 0.251 e. The Labute approximate surface area is 127 Å². The topological polar surface area (TPSA) is 49.3 Å². The minimum atomic E-state index is -0.0520. The molecule has 21 heavy (non-hydrogen) atoms. The number of benzene rings is 1. The molecule has 1 aromatic rings. The number of nitrogens with one attached hydrogen (secondary N) is 1. The van der Waals surface area contributed by atoms with Gasteiger partial charge >= 0.3 is 0 Å². The Morgan fingerprint density at radius 1 is 1.43 bits per heavy atom. The summed E-state index contributed by atoms with van der Waals surface area (Å²) >= 11 is 0. The molecule has 2 N–H and O–H groups in total. The lowest BCUT2D eigenvalue weighted by molar-refractivity contribution is 0.0938. The summed E-state index contributed by atoms with van der Waals surface area (Å²) in [5.41, 5.74) is 2.52. The molecule has 0 spiro atoms. The predicted molar refractivity (Wildman–Crippen MR) is 86.2 cm³/mol. The monoisotopic (exact) mass is 287 g/mol. The van der Waals surface area contributed by atoms with Crippen LogP contribution in [-0.4, -0.2) is 23.7 Å². The molecule has 1 aromatic carbocycles. The van der Waals surface area contributed by atoms with E-state index in [-0.39, 0.29) is 18.6 Å². The van der Waals surface area contributed by atoms with E-state index < -0.39 is 0 Å². The van der Waals surface area contributed by atoms with Crippen molar-refractivity contribution < 1.29 is 9.90 Å². The Bertz CT molecular complexity index is 526. The van der Waals surface area contributed by atoms with Crippen molar-refractivity contribution in [3.8, 4) is 11.8 Å². The van der Waals surface area contributed by atoms with Crippen molar-refractivity contribution in [1.29, 1.82) is 0 Å². The number of carbonyl (C=O) groups excluding carboxylic acids is 1. The lowest BCUT2D eigenvalue weighted by Gasteiger charge is -2.13. The van der Waals surface area contributed by atoms with Crippen LogP contribution in [0.1, 0.15) is 61.0 Å². The molecule has 0 aliphatic heterocycles. The highest BCUT2D eigenvalue weighted by molar-refractivity contribution is 5.94. The molecule has 3 heteroatoms. The van der Waals surface area contributed by atoms with Gasteiger partial charge in [-0.3, -0.25) is 4.79 Å². The number of carbonyl (C=O) groups is 1. The fourth-order valence-electron chi connectivity index (χ4n) is 2.00. The quantitative estimate of drug-likeness (QED) is 0.790. The van der Waals surface area contributed by atoms with Crippen LogP contribution in [-0.2, 0) is 0 Å². The average Bonchev–Trinajstić information content (AvgIpc) is 2.47. The summed E-state index contributed by atoms with van der Waals surface area (Å²) < 4.78 is 0. The van der Waals surface area contributed by atoms with Crippen molar-refractivity contribution in [2.75, 3.05) is 6.61 Å². The molecule has 1 amide bonds. The Morgan fingerprint density at radius 3 is 2.86 bits per heavy atom. The van der Waals surface area contributed by atoms with Crippen molar-refractivity contribution >= 4 is 5.91 Å². The maximum absolute atomic E-state index is 12.2. The molecule has 0 saturated carbocycles. The molecule has 3 nitrogen and oxygen atoms in total. The molecule has 0 aliphatic carbocycles. The molecule has 1 unspecified atom stereocenters. The normalized spacial score (nSPS) is 11.4. The highest BCUT2D eigenvalue weighted by atomic mass is 16.2. The molecule has 0 bridgehead atoms. The first-order valence-corrected chi connectivity index (χ1v) is 7.59. The number of unbranched alkanes of at least 4 members (excludes halogenated alkanes) is 1. The first-order chi connectivity index (χ1) is 10.1. The summed E-state index contributed by atoms with van der Waals surface area (Å²) in [6.45, 7) is 6.20. The lowest BCUT2D eigenvalue weighted by atomic mass is 10.0. The van der Waals surface area contributed by atoms with Gasteiger partial charge in [-0.15, -0.1) is 0 Å². The van der Waals surface area contributed by atoms with Gasteiger partial charge in [0.1, 0.15) is 0 Å². The SMILES string of the molecule is CCCCC(C)NC(=O)c1ccc(C)c(C#CCCO)c1. The summed E-state index contributed by atoms with van der Waals surface area (Å²) in [5.74, 6) is 5.85. The fraction of sp³-hybridized carbons (Fsp3) is 0.500. The van der Waals surface area contributed by atoms with E-state index in [4.69, 9.17) is 5.11 Å². The zero-order valence-corrected chi connectivity index (χ0v) is 13.2. The summed E-state index contributed by atoms with van der Waals surface area (Å²) in [6.07, 6.45) is 3.70. The Morgan fingerprint density at radius 2 is 2.19 bits per heavy atom. The van der Waals surface area contributed by atoms with Gasteiger partial charge in [0.2, 0.25) is 0 Å². The summed E-state index contributed by atoms with van der Waals surface area (Å²) in [4.78, 5) is 12.2. The molecular weight excluding hydrogens is 262 g/mol. The summed E-state index contributed by atoms with van der Waals surface area (Å²) in [5, 5.41) is 11.8. The van der Waals surface area contributed by atoms with Gasteiger partial charge in [-0.05, 0) is 38.0 Å². The maximum atomic E-state index is 12.2. The molecule has 0 aromatic heterocycles.